The molecule has 0 aliphatic heterocycles. The van der Waals surface area contributed by atoms with Gasteiger partial charge in [0.05, 0.1) is 16.0 Å². The van der Waals surface area contributed by atoms with Gasteiger partial charge >= 0.3 is 12.4 Å². The van der Waals surface area contributed by atoms with Crippen molar-refractivity contribution < 1.29 is 44.3 Å². The molecule has 3 rings (SSSR count). The first-order valence-corrected chi connectivity index (χ1v) is 12.0. The van der Waals surface area contributed by atoms with Crippen LogP contribution in [0.25, 0.3) is 0 Å². The molecule has 0 fully saturated rings. The summed E-state index contributed by atoms with van der Waals surface area (Å²) in [7, 11) is -3.94. The number of hydrogen-bond acceptors (Lipinski definition) is 4. The molecule has 3 aromatic carbocycles. The Morgan fingerprint density at radius 2 is 1.38 bits per heavy atom. The minimum Gasteiger partial charge on any atom is -0.483 e. The molecule has 37 heavy (non-hydrogen) atoms. The number of hydrogen-bond donors (Lipinski definition) is 2. The molecule has 0 aliphatic carbocycles. The molecule has 0 heterocycles. The van der Waals surface area contributed by atoms with Gasteiger partial charge in [-0.2, -0.15) is 26.3 Å². The van der Waals surface area contributed by atoms with Crippen LogP contribution >= 0.6 is 0 Å². The Kier molecular flexibility index (Phi) is 7.77. The Hall–Kier alpha value is -3.74. The van der Waals surface area contributed by atoms with E-state index in [2.05, 4.69) is 4.72 Å². The third-order valence-corrected chi connectivity index (χ3v) is 6.37. The molecule has 0 atom stereocenters. The lowest BCUT2D eigenvalue weighted by atomic mass is 10.1. The number of ether oxygens (including phenoxy) is 1. The van der Waals surface area contributed by atoms with Crippen LogP contribution in [0.1, 0.15) is 22.3 Å². The molecule has 3 aromatic rings. The molecule has 13 heteroatoms. The maximum Gasteiger partial charge on any atom is 0.416 e. The number of aryl methyl sites for hydroxylation is 2. The van der Waals surface area contributed by atoms with Gasteiger partial charge in [-0.3, -0.25) is 9.52 Å². The van der Waals surface area contributed by atoms with Gasteiger partial charge in [-0.25, -0.2) is 8.42 Å². The largest absolute Gasteiger partial charge is 0.483 e. The van der Waals surface area contributed by atoms with Crippen molar-refractivity contribution >= 4 is 27.3 Å². The third kappa shape index (κ3) is 7.38. The third-order valence-electron chi connectivity index (χ3n) is 4.99. The van der Waals surface area contributed by atoms with Gasteiger partial charge in [-0.1, -0.05) is 17.7 Å². The highest BCUT2D eigenvalue weighted by Crippen LogP contribution is 2.37. The van der Waals surface area contributed by atoms with E-state index in [-0.39, 0.29) is 16.7 Å². The Morgan fingerprint density at radius 3 is 1.89 bits per heavy atom. The zero-order chi connectivity index (χ0) is 27.6. The number of carbonyl (C=O) groups is 1. The van der Waals surface area contributed by atoms with Crippen LogP contribution in [0, 0.1) is 13.8 Å². The second kappa shape index (κ2) is 10.3. The molecule has 0 radical (unpaired) electrons. The fourth-order valence-corrected chi connectivity index (χ4v) is 4.30. The predicted octanol–water partition coefficient (Wildman–Crippen LogP) is 6.16. The lowest BCUT2D eigenvalue weighted by molar-refractivity contribution is -0.143. The van der Waals surface area contributed by atoms with Crippen molar-refractivity contribution in [2.24, 2.45) is 0 Å². The fraction of sp³-hybridized carbons (Fsp3) is 0.208. The number of rotatable bonds is 7. The van der Waals surface area contributed by atoms with Crippen molar-refractivity contribution in [3.8, 4) is 5.75 Å². The van der Waals surface area contributed by atoms with Crippen molar-refractivity contribution in [3.05, 3.63) is 82.9 Å². The molecular weight excluding hydrogens is 526 g/mol. The zero-order valence-corrected chi connectivity index (χ0v) is 20.1. The highest BCUT2D eigenvalue weighted by molar-refractivity contribution is 7.92. The number of amides is 1. The zero-order valence-electron chi connectivity index (χ0n) is 19.3. The van der Waals surface area contributed by atoms with Gasteiger partial charge in [0, 0.05) is 11.4 Å². The summed E-state index contributed by atoms with van der Waals surface area (Å²) >= 11 is 0. The number of benzene rings is 3. The lowest BCUT2D eigenvalue weighted by Crippen LogP contribution is -2.21. The average molecular weight is 546 g/mol. The Morgan fingerprint density at radius 1 is 0.811 bits per heavy atom. The summed E-state index contributed by atoms with van der Waals surface area (Å²) in [6, 6.07) is 11.1. The van der Waals surface area contributed by atoms with Crippen molar-refractivity contribution in [1.29, 1.82) is 0 Å². The summed E-state index contributed by atoms with van der Waals surface area (Å²) < 4.78 is 111. The topological polar surface area (TPSA) is 84.5 Å². The summed E-state index contributed by atoms with van der Waals surface area (Å²) in [5, 5.41) is 1.95. The van der Waals surface area contributed by atoms with Gasteiger partial charge in [0.25, 0.3) is 15.9 Å². The molecule has 198 valence electrons. The van der Waals surface area contributed by atoms with Gasteiger partial charge in [0.15, 0.2) is 6.61 Å². The molecule has 6 nitrogen and oxygen atoms in total. The Bertz CT molecular complexity index is 1370. The normalized spacial score (nSPS) is 12.2. The van der Waals surface area contributed by atoms with E-state index in [1.165, 1.54) is 25.1 Å². The average Bonchev–Trinajstić information content (AvgIpc) is 2.78. The fourth-order valence-electron chi connectivity index (χ4n) is 3.15. The first-order valence-electron chi connectivity index (χ1n) is 10.5. The molecule has 2 N–H and O–H groups in total. The van der Waals surface area contributed by atoms with E-state index < -0.39 is 51.7 Å². The van der Waals surface area contributed by atoms with Gasteiger partial charge in [-0.15, -0.1) is 0 Å². The molecule has 0 saturated carbocycles. The monoisotopic (exact) mass is 546 g/mol. The SMILES string of the molecule is Cc1ccc(NS(=O)(=O)c2ccc(OCC(=O)Nc3cc(C(F)(F)F)cc(C(F)(F)F)c3)c(C)c2)cc1. The number of halogens is 6. The first-order chi connectivity index (χ1) is 17.0. The van der Waals surface area contributed by atoms with E-state index in [1.54, 1.807) is 24.3 Å². The van der Waals surface area contributed by atoms with E-state index in [4.69, 9.17) is 4.74 Å². The van der Waals surface area contributed by atoms with Gasteiger partial charge in [0.1, 0.15) is 5.75 Å². The minimum absolute atomic E-state index is 0.0567. The smallest absolute Gasteiger partial charge is 0.416 e. The number of alkyl halides is 6. The van der Waals surface area contributed by atoms with Crippen LogP contribution < -0.4 is 14.8 Å². The summed E-state index contributed by atoms with van der Waals surface area (Å²) in [4.78, 5) is 12.1. The van der Waals surface area contributed by atoms with E-state index in [0.29, 0.717) is 23.4 Å². The second-order valence-corrected chi connectivity index (χ2v) is 9.71. The standard InChI is InChI=1S/C24H20F6N2O4S/c1-14-3-5-18(6-4-14)32-37(34,35)20-7-8-21(15(2)9-20)36-13-22(33)31-19-11-16(23(25,26)27)10-17(12-19)24(28,29)30/h3-12,32H,13H2,1-2H3,(H,31,33). The molecule has 0 aliphatic rings. The summed E-state index contributed by atoms with van der Waals surface area (Å²) in [5.41, 5.74) is -2.26. The maximum absolute atomic E-state index is 13.0. The molecule has 0 saturated heterocycles. The summed E-state index contributed by atoms with van der Waals surface area (Å²) in [5.74, 6) is -0.936. The van der Waals surface area contributed by atoms with Crippen molar-refractivity contribution in [1.82, 2.24) is 0 Å². The molecular formula is C24H20F6N2O4S. The van der Waals surface area contributed by atoms with Gasteiger partial charge in [-0.05, 0) is 67.9 Å². The van der Waals surface area contributed by atoms with Crippen molar-refractivity contribution in [2.45, 2.75) is 31.1 Å². The van der Waals surface area contributed by atoms with Crippen molar-refractivity contribution in [3.63, 3.8) is 0 Å². The summed E-state index contributed by atoms with van der Waals surface area (Å²) in [6.45, 7) is 2.59. The van der Waals surface area contributed by atoms with Crippen LogP contribution in [0.15, 0.2) is 65.6 Å². The van der Waals surface area contributed by atoms with Crippen LogP contribution in [0.2, 0.25) is 0 Å². The number of nitrogens with one attached hydrogen (secondary N) is 2. The molecule has 0 spiro atoms. The van der Waals surface area contributed by atoms with Crippen molar-refractivity contribution in [2.75, 3.05) is 16.6 Å². The Labute approximate surface area is 208 Å². The van der Waals surface area contributed by atoms with Crippen LogP contribution in [0.3, 0.4) is 0 Å². The quantitative estimate of drug-likeness (QED) is 0.348. The second-order valence-electron chi connectivity index (χ2n) is 8.03. The Balaban J connectivity index is 1.70. The molecule has 0 bridgehead atoms. The van der Waals surface area contributed by atoms with Crippen LogP contribution in [-0.2, 0) is 27.2 Å². The van der Waals surface area contributed by atoms with E-state index in [1.807, 2.05) is 12.2 Å². The van der Waals surface area contributed by atoms with Crippen LogP contribution in [-0.4, -0.2) is 20.9 Å². The van der Waals surface area contributed by atoms with Gasteiger partial charge in [0.2, 0.25) is 0 Å². The molecule has 1 amide bonds. The van der Waals surface area contributed by atoms with Crippen LogP contribution in [0.4, 0.5) is 37.7 Å². The minimum atomic E-state index is -5.06. The van der Waals surface area contributed by atoms with E-state index >= 15 is 0 Å². The highest BCUT2D eigenvalue weighted by atomic mass is 32.2. The van der Waals surface area contributed by atoms with E-state index in [0.717, 1.165) is 5.56 Å². The van der Waals surface area contributed by atoms with Gasteiger partial charge < -0.3 is 10.1 Å². The number of anilines is 2. The number of sulfonamides is 1. The first kappa shape index (κ1) is 27.8. The summed E-state index contributed by atoms with van der Waals surface area (Å²) in [6.07, 6.45) is -10.1. The van der Waals surface area contributed by atoms with Crippen LogP contribution in [0.5, 0.6) is 5.75 Å². The maximum atomic E-state index is 13.0. The molecule has 0 aromatic heterocycles. The lowest BCUT2D eigenvalue weighted by Gasteiger charge is -2.15. The van der Waals surface area contributed by atoms with E-state index in [9.17, 15) is 39.6 Å². The predicted molar refractivity (Wildman–Crippen MR) is 124 cm³/mol. The molecule has 0 unspecified atom stereocenters. The highest BCUT2D eigenvalue weighted by Gasteiger charge is 2.37. The number of carbonyl (C=O) groups excluding carboxylic acids is 1.